The molecule has 1 N–H and O–H groups in total. The van der Waals surface area contributed by atoms with E-state index >= 15 is 0 Å². The summed E-state index contributed by atoms with van der Waals surface area (Å²) in [6.45, 7) is 2.87. The summed E-state index contributed by atoms with van der Waals surface area (Å²) in [6, 6.07) is 13.2. The van der Waals surface area contributed by atoms with Crippen LogP contribution in [0.5, 0.6) is 11.5 Å². The molecule has 3 aromatic rings. The number of rotatable bonds is 7. The van der Waals surface area contributed by atoms with Crippen molar-refractivity contribution in [1.29, 1.82) is 0 Å². The minimum absolute atomic E-state index is 0.157. The molecule has 5 nitrogen and oxygen atoms in total. The average Bonchev–Trinajstić information content (AvgIpc) is 3.19. The number of thiazole rings is 1. The molecule has 0 aliphatic heterocycles. The summed E-state index contributed by atoms with van der Waals surface area (Å²) < 4.78 is 11.1. The van der Waals surface area contributed by atoms with E-state index in [1.165, 1.54) is 16.9 Å². The van der Waals surface area contributed by atoms with Crippen molar-refractivity contribution in [3.05, 3.63) is 75.7 Å². The van der Waals surface area contributed by atoms with Crippen molar-refractivity contribution in [3.63, 3.8) is 0 Å². The van der Waals surface area contributed by atoms with Crippen LogP contribution in [0.1, 0.15) is 27.2 Å². The molecule has 134 valence electrons. The Morgan fingerprint density at radius 3 is 2.65 bits per heavy atom. The summed E-state index contributed by atoms with van der Waals surface area (Å²) in [4.78, 5) is 16.6. The van der Waals surface area contributed by atoms with Gasteiger partial charge < -0.3 is 14.8 Å². The van der Waals surface area contributed by atoms with Gasteiger partial charge in [-0.2, -0.15) is 0 Å². The predicted octanol–water partition coefficient (Wildman–Crippen LogP) is 3.97. The number of ether oxygens (including phenoxy) is 2. The van der Waals surface area contributed by atoms with Gasteiger partial charge in [-0.1, -0.05) is 29.8 Å². The second-order valence-corrected chi connectivity index (χ2v) is 6.52. The highest BCUT2D eigenvalue weighted by atomic mass is 32.1. The van der Waals surface area contributed by atoms with E-state index in [4.69, 9.17) is 9.47 Å². The topological polar surface area (TPSA) is 60.5 Å². The van der Waals surface area contributed by atoms with Gasteiger partial charge in [0.2, 0.25) is 0 Å². The van der Waals surface area contributed by atoms with Crippen LogP contribution in [0.3, 0.4) is 0 Å². The fourth-order valence-electron chi connectivity index (χ4n) is 2.38. The lowest BCUT2D eigenvalue weighted by Gasteiger charge is -2.12. The van der Waals surface area contributed by atoms with Crippen molar-refractivity contribution in [2.75, 3.05) is 7.11 Å². The Kier molecular flexibility index (Phi) is 5.86. The van der Waals surface area contributed by atoms with E-state index in [2.05, 4.69) is 10.3 Å². The van der Waals surface area contributed by atoms with E-state index in [9.17, 15) is 4.79 Å². The molecule has 0 spiro atoms. The van der Waals surface area contributed by atoms with Crippen LogP contribution < -0.4 is 14.8 Å². The fraction of sp³-hybridized carbons (Fsp3) is 0.200. The number of carbonyl (C=O) groups is 1. The Labute approximate surface area is 156 Å². The summed E-state index contributed by atoms with van der Waals surface area (Å²) in [5.74, 6) is 0.939. The maximum Gasteiger partial charge on any atom is 0.251 e. The molecule has 1 amide bonds. The number of aryl methyl sites for hydroxylation is 1. The van der Waals surface area contributed by atoms with Crippen LogP contribution >= 0.6 is 11.3 Å². The monoisotopic (exact) mass is 368 g/mol. The lowest BCUT2D eigenvalue weighted by molar-refractivity contribution is 0.0950. The third-order valence-electron chi connectivity index (χ3n) is 3.86. The quantitative estimate of drug-likeness (QED) is 0.685. The van der Waals surface area contributed by atoms with E-state index < -0.39 is 0 Å². The molecule has 0 saturated carbocycles. The van der Waals surface area contributed by atoms with E-state index in [0.29, 0.717) is 30.2 Å². The molecule has 0 unspecified atom stereocenters. The Morgan fingerprint density at radius 1 is 1.15 bits per heavy atom. The van der Waals surface area contributed by atoms with Gasteiger partial charge in [0, 0.05) is 17.5 Å². The van der Waals surface area contributed by atoms with Gasteiger partial charge >= 0.3 is 0 Å². The van der Waals surface area contributed by atoms with Crippen LogP contribution in [0.15, 0.2) is 53.4 Å². The third kappa shape index (κ3) is 4.61. The van der Waals surface area contributed by atoms with Gasteiger partial charge in [0.15, 0.2) is 11.5 Å². The zero-order valence-electron chi connectivity index (χ0n) is 14.7. The van der Waals surface area contributed by atoms with Gasteiger partial charge in [0.25, 0.3) is 5.91 Å². The van der Waals surface area contributed by atoms with Crippen molar-refractivity contribution < 1.29 is 14.3 Å². The van der Waals surface area contributed by atoms with E-state index in [-0.39, 0.29) is 5.91 Å². The van der Waals surface area contributed by atoms with E-state index in [1.807, 2.05) is 36.6 Å². The zero-order valence-corrected chi connectivity index (χ0v) is 15.5. The molecular weight excluding hydrogens is 348 g/mol. The fourth-order valence-corrected chi connectivity index (χ4v) is 2.92. The summed E-state index contributed by atoms with van der Waals surface area (Å²) >= 11 is 1.52. The molecule has 0 aliphatic carbocycles. The standard InChI is InChI=1S/C20H20N2O3S/c1-14-3-5-15(6-4-14)10-21-20(23)16-7-8-18(19(9-16)24-2)25-11-17-12-26-13-22-17/h3-9,12-13H,10-11H2,1-2H3,(H,21,23). The predicted molar refractivity (Wildman–Crippen MR) is 102 cm³/mol. The largest absolute Gasteiger partial charge is 0.493 e. The second kappa shape index (κ2) is 8.49. The van der Waals surface area contributed by atoms with E-state index in [1.54, 1.807) is 30.8 Å². The Balaban J connectivity index is 1.63. The zero-order chi connectivity index (χ0) is 18.4. The molecule has 1 heterocycles. The molecule has 0 radical (unpaired) electrons. The Hall–Kier alpha value is -2.86. The summed E-state index contributed by atoms with van der Waals surface area (Å²) in [7, 11) is 1.55. The number of aromatic nitrogens is 1. The molecular formula is C20H20N2O3S. The number of benzene rings is 2. The van der Waals surface area contributed by atoms with Gasteiger partial charge in [0.05, 0.1) is 18.3 Å². The number of nitrogens with one attached hydrogen (secondary N) is 1. The van der Waals surface area contributed by atoms with E-state index in [0.717, 1.165) is 11.3 Å². The van der Waals surface area contributed by atoms with Crippen LogP contribution in [0.25, 0.3) is 0 Å². The van der Waals surface area contributed by atoms with Crippen LogP contribution in [0, 0.1) is 6.92 Å². The SMILES string of the molecule is COc1cc(C(=O)NCc2ccc(C)cc2)ccc1OCc1cscn1. The second-order valence-electron chi connectivity index (χ2n) is 5.80. The highest BCUT2D eigenvalue weighted by molar-refractivity contribution is 7.07. The molecule has 0 atom stereocenters. The van der Waals surface area contributed by atoms with Crippen LogP contribution in [-0.2, 0) is 13.2 Å². The Morgan fingerprint density at radius 2 is 1.96 bits per heavy atom. The lowest BCUT2D eigenvalue weighted by atomic mass is 10.1. The first kappa shape index (κ1) is 17.9. The van der Waals surface area contributed by atoms with Gasteiger partial charge in [-0.05, 0) is 30.7 Å². The first-order valence-corrected chi connectivity index (χ1v) is 9.11. The Bertz CT molecular complexity index is 861. The molecule has 0 saturated heterocycles. The molecule has 0 bridgehead atoms. The van der Waals surface area contributed by atoms with Crippen LogP contribution in [0.4, 0.5) is 0 Å². The highest BCUT2D eigenvalue weighted by Crippen LogP contribution is 2.28. The minimum atomic E-state index is -0.157. The molecule has 26 heavy (non-hydrogen) atoms. The van der Waals surface area contributed by atoms with Crippen molar-refractivity contribution in [3.8, 4) is 11.5 Å². The average molecular weight is 368 g/mol. The minimum Gasteiger partial charge on any atom is -0.493 e. The number of hydrogen-bond acceptors (Lipinski definition) is 5. The van der Waals surface area contributed by atoms with Gasteiger partial charge in [-0.15, -0.1) is 11.3 Å². The normalized spacial score (nSPS) is 10.4. The molecule has 6 heteroatoms. The van der Waals surface area contributed by atoms with Crippen molar-refractivity contribution in [1.82, 2.24) is 10.3 Å². The van der Waals surface area contributed by atoms with Crippen LogP contribution in [-0.4, -0.2) is 18.0 Å². The van der Waals surface area contributed by atoms with Gasteiger partial charge in [-0.25, -0.2) is 4.98 Å². The summed E-state index contributed by atoms with van der Waals surface area (Å²) in [6.07, 6.45) is 0. The molecule has 1 aromatic heterocycles. The summed E-state index contributed by atoms with van der Waals surface area (Å²) in [5.41, 5.74) is 5.39. The van der Waals surface area contributed by atoms with Crippen molar-refractivity contribution in [2.24, 2.45) is 0 Å². The van der Waals surface area contributed by atoms with Crippen molar-refractivity contribution in [2.45, 2.75) is 20.1 Å². The summed E-state index contributed by atoms with van der Waals surface area (Å²) in [5, 5.41) is 4.85. The van der Waals surface area contributed by atoms with Crippen molar-refractivity contribution >= 4 is 17.2 Å². The maximum absolute atomic E-state index is 12.4. The van der Waals surface area contributed by atoms with Gasteiger partial charge in [0.1, 0.15) is 6.61 Å². The third-order valence-corrected chi connectivity index (χ3v) is 4.49. The number of nitrogens with zero attached hydrogens (tertiary/aromatic N) is 1. The number of methoxy groups -OCH3 is 1. The van der Waals surface area contributed by atoms with Gasteiger partial charge in [-0.3, -0.25) is 4.79 Å². The number of hydrogen-bond donors (Lipinski definition) is 1. The lowest BCUT2D eigenvalue weighted by Crippen LogP contribution is -2.22. The van der Waals surface area contributed by atoms with Crippen LogP contribution in [0.2, 0.25) is 0 Å². The number of carbonyl (C=O) groups excluding carboxylic acids is 1. The first-order valence-electron chi connectivity index (χ1n) is 8.17. The molecule has 0 aliphatic rings. The highest BCUT2D eigenvalue weighted by Gasteiger charge is 2.11. The molecule has 0 fully saturated rings. The number of amides is 1. The maximum atomic E-state index is 12.4. The smallest absolute Gasteiger partial charge is 0.251 e. The molecule has 3 rings (SSSR count). The first-order chi connectivity index (χ1) is 12.7. The molecule has 2 aromatic carbocycles.